The third kappa shape index (κ3) is 4.39. The lowest BCUT2D eigenvalue weighted by molar-refractivity contribution is 0.216. The Hall–Kier alpha value is -3.36. The molecule has 2 amide bonds. The molecule has 1 heterocycles. The molecular weight excluding hydrogens is 368 g/mol. The molecule has 0 atom stereocenters. The van der Waals surface area contributed by atoms with E-state index in [0.29, 0.717) is 5.69 Å². The van der Waals surface area contributed by atoms with Crippen molar-refractivity contribution in [2.24, 2.45) is 18.7 Å². The van der Waals surface area contributed by atoms with Gasteiger partial charge in [-0.1, -0.05) is 18.2 Å². The van der Waals surface area contributed by atoms with Gasteiger partial charge < -0.3 is 4.74 Å². The van der Waals surface area contributed by atoms with Crippen molar-refractivity contribution in [1.29, 1.82) is 0 Å². The molecule has 2 aromatic carbocycles. The molecule has 0 spiro atoms. The number of anilines is 1. The number of ether oxygens (including phenoxy) is 1. The van der Waals surface area contributed by atoms with Crippen molar-refractivity contribution in [2.45, 2.75) is 20.5 Å². The summed E-state index contributed by atoms with van der Waals surface area (Å²) in [6.07, 6.45) is 0. The second kappa shape index (κ2) is 8.34. The Balaban J connectivity index is 1.78. The molecule has 0 unspecified atom stereocenters. The van der Waals surface area contributed by atoms with E-state index in [2.05, 4.69) is 5.10 Å². The van der Waals surface area contributed by atoms with Gasteiger partial charge in [0.25, 0.3) is 0 Å². The van der Waals surface area contributed by atoms with Crippen LogP contribution in [0.15, 0.2) is 48.5 Å². The summed E-state index contributed by atoms with van der Waals surface area (Å²) in [4.78, 5) is 12.1. The van der Waals surface area contributed by atoms with Crippen LogP contribution in [0.4, 0.5) is 10.5 Å². The number of aryl methyl sites for hydroxylation is 3. The number of nitrogens with zero attached hydrogens (tertiary/aromatic N) is 4. The highest BCUT2D eigenvalue weighted by Gasteiger charge is 2.17. The molecule has 3 rings (SSSR count). The summed E-state index contributed by atoms with van der Waals surface area (Å²) in [5.41, 5.74) is 5.35. The van der Waals surface area contributed by atoms with Crippen LogP contribution < -0.4 is 21.4 Å². The molecule has 8 heteroatoms. The summed E-state index contributed by atoms with van der Waals surface area (Å²) >= 11 is 0. The van der Waals surface area contributed by atoms with Crippen LogP contribution in [0.5, 0.6) is 5.75 Å². The summed E-state index contributed by atoms with van der Waals surface area (Å²) in [6, 6.07) is 14.8. The van der Waals surface area contributed by atoms with Crippen LogP contribution in [-0.2, 0) is 13.7 Å². The molecule has 3 aromatic rings. The van der Waals surface area contributed by atoms with Crippen LogP contribution in [0.3, 0.4) is 0 Å². The van der Waals surface area contributed by atoms with Gasteiger partial charge in [-0.15, -0.1) is 0 Å². The summed E-state index contributed by atoms with van der Waals surface area (Å²) in [6.45, 7) is 4.27. The average molecular weight is 394 g/mol. The first-order valence-electron chi connectivity index (χ1n) is 9.17. The summed E-state index contributed by atoms with van der Waals surface area (Å²) < 4.78 is 7.86. The number of rotatable bonds is 5. The van der Waals surface area contributed by atoms with Crippen LogP contribution in [0.1, 0.15) is 16.8 Å². The number of nitrogens with two attached hydrogens (primary N) is 2. The van der Waals surface area contributed by atoms with Crippen LogP contribution in [0, 0.1) is 13.8 Å². The van der Waals surface area contributed by atoms with Crippen molar-refractivity contribution in [1.82, 2.24) is 14.8 Å². The first-order chi connectivity index (χ1) is 13.8. The van der Waals surface area contributed by atoms with E-state index in [-0.39, 0.29) is 6.61 Å². The number of carbonyl (C=O) groups excluding carboxylic acids is 1. The third-order valence-corrected chi connectivity index (χ3v) is 4.73. The zero-order chi connectivity index (χ0) is 21.1. The first kappa shape index (κ1) is 20.4. The maximum absolute atomic E-state index is 12.1. The summed E-state index contributed by atoms with van der Waals surface area (Å²) in [5, 5.41) is 6.46. The van der Waals surface area contributed by atoms with Crippen LogP contribution in [0.2, 0.25) is 0 Å². The number of urea groups is 1. The van der Waals surface area contributed by atoms with Gasteiger partial charge in [0.15, 0.2) is 0 Å². The highest BCUT2D eigenvalue weighted by Crippen LogP contribution is 2.27. The lowest BCUT2D eigenvalue weighted by Gasteiger charge is -2.23. The van der Waals surface area contributed by atoms with E-state index in [0.717, 1.165) is 43.8 Å². The van der Waals surface area contributed by atoms with Crippen molar-refractivity contribution in [3.05, 3.63) is 65.4 Å². The number of carbonyl (C=O) groups is 1. The number of hydrogen-bond donors (Lipinski definition) is 2. The van der Waals surface area contributed by atoms with Gasteiger partial charge in [0, 0.05) is 30.9 Å². The maximum Gasteiger partial charge on any atom is 0.352 e. The number of aromatic nitrogens is 2. The molecular formula is C21H26N6O2. The lowest BCUT2D eigenvalue weighted by atomic mass is 10.1. The molecule has 0 fully saturated rings. The quantitative estimate of drug-likeness (QED) is 0.393. The van der Waals surface area contributed by atoms with Gasteiger partial charge >= 0.3 is 6.03 Å². The van der Waals surface area contributed by atoms with Crippen LogP contribution in [-0.4, -0.2) is 27.9 Å². The van der Waals surface area contributed by atoms with Crippen molar-refractivity contribution >= 4 is 11.7 Å². The highest BCUT2D eigenvalue weighted by atomic mass is 16.5. The van der Waals surface area contributed by atoms with E-state index in [1.54, 1.807) is 12.1 Å². The SMILES string of the molecule is Cc1cc(-c2cc(C)n(C)n2)ccc1OCc1ccccc1N(N)C(=O)N(C)N. The fourth-order valence-electron chi connectivity index (χ4n) is 2.97. The average Bonchev–Trinajstić information content (AvgIpc) is 3.04. The zero-order valence-corrected chi connectivity index (χ0v) is 17.1. The van der Waals surface area contributed by atoms with Crippen molar-refractivity contribution in [2.75, 3.05) is 12.1 Å². The Morgan fingerprint density at radius 3 is 2.48 bits per heavy atom. The first-order valence-corrected chi connectivity index (χ1v) is 9.17. The third-order valence-electron chi connectivity index (χ3n) is 4.73. The minimum Gasteiger partial charge on any atom is -0.489 e. The second-order valence-corrected chi connectivity index (χ2v) is 6.96. The van der Waals surface area contributed by atoms with Crippen LogP contribution in [0.25, 0.3) is 11.3 Å². The number of hydrazine groups is 2. The van der Waals surface area contributed by atoms with E-state index < -0.39 is 6.03 Å². The lowest BCUT2D eigenvalue weighted by Crippen LogP contribution is -2.49. The molecule has 0 saturated carbocycles. The summed E-state index contributed by atoms with van der Waals surface area (Å²) in [7, 11) is 3.36. The smallest absolute Gasteiger partial charge is 0.352 e. The minimum absolute atomic E-state index is 0.258. The molecule has 0 aliphatic rings. The molecule has 0 saturated heterocycles. The fourth-order valence-corrected chi connectivity index (χ4v) is 2.97. The second-order valence-electron chi connectivity index (χ2n) is 6.96. The Labute approximate surface area is 170 Å². The number of hydrogen-bond acceptors (Lipinski definition) is 5. The molecule has 1 aromatic heterocycles. The maximum atomic E-state index is 12.1. The fraction of sp³-hybridized carbons (Fsp3) is 0.238. The van der Waals surface area contributed by atoms with E-state index in [9.17, 15) is 4.79 Å². The monoisotopic (exact) mass is 394 g/mol. The molecule has 4 N–H and O–H groups in total. The Bertz CT molecular complexity index is 1010. The van der Waals surface area contributed by atoms with Gasteiger partial charge in [-0.25, -0.2) is 21.5 Å². The van der Waals surface area contributed by atoms with Crippen molar-refractivity contribution < 1.29 is 9.53 Å². The van der Waals surface area contributed by atoms with E-state index in [1.807, 2.05) is 62.0 Å². The molecule has 0 aliphatic heterocycles. The topological polar surface area (TPSA) is 103 Å². The van der Waals surface area contributed by atoms with Gasteiger partial charge in [0.05, 0.1) is 11.4 Å². The molecule has 0 bridgehead atoms. The standard InChI is InChI=1S/C21H26N6O2/c1-14-11-16(18-12-15(2)26(4)24-18)9-10-20(14)29-13-17-7-5-6-8-19(17)27(23)21(28)25(3)22/h5-12H,13,22-23H2,1-4H3. The van der Waals surface area contributed by atoms with E-state index in [1.165, 1.54) is 7.05 Å². The van der Waals surface area contributed by atoms with Crippen LogP contribution >= 0.6 is 0 Å². The van der Waals surface area contributed by atoms with Gasteiger partial charge in [0.2, 0.25) is 0 Å². The van der Waals surface area contributed by atoms with E-state index >= 15 is 0 Å². The Kier molecular flexibility index (Phi) is 5.86. The van der Waals surface area contributed by atoms with Gasteiger partial charge in [0.1, 0.15) is 12.4 Å². The number of amides is 2. The minimum atomic E-state index is -0.524. The normalized spacial score (nSPS) is 10.7. The predicted molar refractivity (Wildman–Crippen MR) is 113 cm³/mol. The van der Waals surface area contributed by atoms with Gasteiger partial charge in [-0.05, 0) is 49.7 Å². The molecule has 29 heavy (non-hydrogen) atoms. The Morgan fingerprint density at radius 1 is 1.14 bits per heavy atom. The Morgan fingerprint density at radius 2 is 1.86 bits per heavy atom. The molecule has 152 valence electrons. The van der Waals surface area contributed by atoms with Gasteiger partial charge in [-0.2, -0.15) is 5.10 Å². The van der Waals surface area contributed by atoms with E-state index in [4.69, 9.17) is 16.4 Å². The largest absolute Gasteiger partial charge is 0.489 e. The number of benzene rings is 2. The molecule has 8 nitrogen and oxygen atoms in total. The molecule has 0 aliphatic carbocycles. The van der Waals surface area contributed by atoms with Crippen molar-refractivity contribution in [3.8, 4) is 17.0 Å². The van der Waals surface area contributed by atoms with Gasteiger partial charge in [-0.3, -0.25) is 9.69 Å². The number of para-hydroxylation sites is 1. The zero-order valence-electron chi connectivity index (χ0n) is 17.1. The summed E-state index contributed by atoms with van der Waals surface area (Å²) in [5.74, 6) is 12.2. The highest BCUT2D eigenvalue weighted by molar-refractivity contribution is 5.91. The molecule has 0 radical (unpaired) electrons. The van der Waals surface area contributed by atoms with Crippen molar-refractivity contribution in [3.63, 3.8) is 0 Å². The predicted octanol–water partition coefficient (Wildman–Crippen LogP) is 2.89.